The van der Waals surface area contributed by atoms with Gasteiger partial charge in [0.05, 0.1) is 19.1 Å². The van der Waals surface area contributed by atoms with Crippen LogP contribution in [0.3, 0.4) is 0 Å². The number of rotatable bonds is 7. The van der Waals surface area contributed by atoms with Gasteiger partial charge in [-0.05, 0) is 32.8 Å². The quantitative estimate of drug-likeness (QED) is 0.759. The summed E-state index contributed by atoms with van der Waals surface area (Å²) in [6.07, 6.45) is 0.370. The lowest BCUT2D eigenvalue weighted by Crippen LogP contribution is -2.30. The lowest BCUT2D eigenvalue weighted by atomic mass is 9.99. The minimum Gasteiger partial charge on any atom is -0.481 e. The van der Waals surface area contributed by atoms with E-state index in [1.54, 1.807) is 18.4 Å². The van der Waals surface area contributed by atoms with E-state index in [1.807, 2.05) is 13.8 Å². The van der Waals surface area contributed by atoms with Gasteiger partial charge >= 0.3 is 11.7 Å². The Kier molecular flexibility index (Phi) is 5.88. The summed E-state index contributed by atoms with van der Waals surface area (Å²) in [5.74, 6) is -1.36. The molecular weight excluding hydrogens is 260 g/mol. The smallest absolute Gasteiger partial charge is 0.348 e. The molecule has 0 aromatic carbocycles. The molecule has 6 nitrogen and oxygen atoms in total. The fourth-order valence-corrected chi connectivity index (χ4v) is 2.09. The number of carbonyl (C=O) groups is 1. The Hall–Kier alpha value is -1.69. The first-order valence-corrected chi connectivity index (χ1v) is 6.75. The molecule has 1 N–H and O–H groups in total. The van der Waals surface area contributed by atoms with Crippen LogP contribution in [0.25, 0.3) is 0 Å². The summed E-state index contributed by atoms with van der Waals surface area (Å²) in [5, 5.41) is 9.01. The van der Waals surface area contributed by atoms with E-state index in [2.05, 4.69) is 4.98 Å². The van der Waals surface area contributed by atoms with Crippen molar-refractivity contribution in [3.63, 3.8) is 0 Å². The molecule has 1 rings (SSSR count). The third-order valence-corrected chi connectivity index (χ3v) is 3.37. The fourth-order valence-electron chi connectivity index (χ4n) is 2.09. The molecule has 0 fully saturated rings. The van der Waals surface area contributed by atoms with Crippen LogP contribution in [-0.4, -0.2) is 33.8 Å². The van der Waals surface area contributed by atoms with Crippen molar-refractivity contribution < 1.29 is 14.6 Å². The van der Waals surface area contributed by atoms with Crippen molar-refractivity contribution >= 4 is 5.97 Å². The van der Waals surface area contributed by atoms with Crippen molar-refractivity contribution in [1.29, 1.82) is 0 Å². The lowest BCUT2D eigenvalue weighted by Gasteiger charge is -2.16. The van der Waals surface area contributed by atoms with Crippen molar-refractivity contribution in [2.24, 2.45) is 5.92 Å². The summed E-state index contributed by atoms with van der Waals surface area (Å²) in [6.45, 7) is 8.57. The normalized spacial score (nSPS) is 12.4. The summed E-state index contributed by atoms with van der Waals surface area (Å²) in [4.78, 5) is 26.9. The highest BCUT2D eigenvalue weighted by molar-refractivity contribution is 5.70. The maximum Gasteiger partial charge on any atom is 0.348 e. The molecule has 1 unspecified atom stereocenters. The van der Waals surface area contributed by atoms with Crippen LogP contribution in [0.15, 0.2) is 4.79 Å². The van der Waals surface area contributed by atoms with Gasteiger partial charge in [0.2, 0.25) is 0 Å². The molecule has 0 bridgehead atoms. The largest absolute Gasteiger partial charge is 0.481 e. The van der Waals surface area contributed by atoms with Crippen LogP contribution in [0.5, 0.6) is 0 Å². The second kappa shape index (κ2) is 7.19. The molecule has 0 radical (unpaired) electrons. The minimum absolute atomic E-state index is 0.313. The van der Waals surface area contributed by atoms with E-state index in [-0.39, 0.29) is 5.69 Å². The van der Waals surface area contributed by atoms with Gasteiger partial charge in [0.1, 0.15) is 0 Å². The summed E-state index contributed by atoms with van der Waals surface area (Å²) < 4.78 is 6.80. The summed E-state index contributed by atoms with van der Waals surface area (Å²) in [5.41, 5.74) is 1.89. The average molecular weight is 282 g/mol. The molecule has 1 aromatic heterocycles. The number of carboxylic acids is 1. The van der Waals surface area contributed by atoms with Crippen molar-refractivity contribution in [2.45, 2.75) is 40.7 Å². The van der Waals surface area contributed by atoms with Gasteiger partial charge in [-0.2, -0.15) is 4.98 Å². The zero-order chi connectivity index (χ0) is 15.3. The van der Waals surface area contributed by atoms with Gasteiger partial charge in [-0.15, -0.1) is 0 Å². The number of carboxylic acid groups (broad SMARTS) is 1. The SMILES string of the molecule is CCOCCn1c(C)c(CC(C)C(=O)O)c(C)nc1=O. The first-order valence-electron chi connectivity index (χ1n) is 6.75. The van der Waals surface area contributed by atoms with Crippen molar-refractivity contribution in [2.75, 3.05) is 13.2 Å². The highest BCUT2D eigenvalue weighted by atomic mass is 16.5. The first kappa shape index (κ1) is 16.4. The molecule has 0 spiro atoms. The van der Waals surface area contributed by atoms with E-state index in [0.29, 0.717) is 31.9 Å². The lowest BCUT2D eigenvalue weighted by molar-refractivity contribution is -0.141. The number of nitrogens with zero attached hydrogens (tertiary/aromatic N) is 2. The van der Waals surface area contributed by atoms with E-state index in [4.69, 9.17) is 9.84 Å². The van der Waals surface area contributed by atoms with Crippen LogP contribution in [0.4, 0.5) is 0 Å². The molecule has 0 amide bonds. The standard InChI is InChI=1S/C14H22N2O4/c1-5-20-7-6-16-11(4)12(8-9(2)13(17)18)10(3)15-14(16)19/h9H,5-8H2,1-4H3,(H,17,18). The molecule has 20 heavy (non-hydrogen) atoms. The molecule has 1 aromatic rings. The Morgan fingerprint density at radius 1 is 1.45 bits per heavy atom. The molecule has 1 atom stereocenters. The van der Waals surface area contributed by atoms with Gasteiger partial charge in [-0.25, -0.2) is 4.79 Å². The molecule has 0 saturated carbocycles. The summed E-state index contributed by atoms with van der Waals surface area (Å²) in [7, 11) is 0. The number of ether oxygens (including phenoxy) is 1. The highest BCUT2D eigenvalue weighted by Crippen LogP contribution is 2.15. The van der Waals surface area contributed by atoms with E-state index in [9.17, 15) is 9.59 Å². The number of aliphatic carboxylic acids is 1. The predicted molar refractivity (Wildman–Crippen MR) is 75.0 cm³/mol. The highest BCUT2D eigenvalue weighted by Gasteiger charge is 2.18. The van der Waals surface area contributed by atoms with Crippen LogP contribution < -0.4 is 5.69 Å². The van der Waals surface area contributed by atoms with Crippen LogP contribution in [-0.2, 0) is 22.5 Å². The molecular formula is C14H22N2O4. The van der Waals surface area contributed by atoms with E-state index < -0.39 is 11.9 Å². The van der Waals surface area contributed by atoms with Gasteiger partial charge < -0.3 is 9.84 Å². The molecule has 0 saturated heterocycles. The monoisotopic (exact) mass is 282 g/mol. The van der Waals surface area contributed by atoms with E-state index in [0.717, 1.165) is 11.3 Å². The van der Waals surface area contributed by atoms with Crippen LogP contribution in [0.2, 0.25) is 0 Å². The molecule has 0 aliphatic rings. The summed E-state index contributed by atoms with van der Waals surface area (Å²) >= 11 is 0. The van der Waals surface area contributed by atoms with Crippen LogP contribution in [0, 0.1) is 19.8 Å². The van der Waals surface area contributed by atoms with Gasteiger partial charge in [0, 0.05) is 18.0 Å². The number of aromatic nitrogens is 2. The number of hydrogen-bond acceptors (Lipinski definition) is 4. The molecule has 1 heterocycles. The van der Waals surface area contributed by atoms with E-state index in [1.165, 1.54) is 0 Å². The maximum atomic E-state index is 11.9. The van der Waals surface area contributed by atoms with Gasteiger partial charge in [0.25, 0.3) is 0 Å². The van der Waals surface area contributed by atoms with Gasteiger partial charge in [-0.3, -0.25) is 9.36 Å². The fraction of sp³-hybridized carbons (Fsp3) is 0.643. The molecule has 0 aliphatic carbocycles. The maximum absolute atomic E-state index is 11.9. The first-order chi connectivity index (χ1) is 9.38. The molecule has 112 valence electrons. The zero-order valence-electron chi connectivity index (χ0n) is 12.5. The third-order valence-electron chi connectivity index (χ3n) is 3.37. The predicted octanol–water partition coefficient (Wildman–Crippen LogP) is 1.16. The Morgan fingerprint density at radius 3 is 2.65 bits per heavy atom. The Morgan fingerprint density at radius 2 is 2.10 bits per heavy atom. The average Bonchev–Trinajstić information content (AvgIpc) is 2.38. The topological polar surface area (TPSA) is 81.4 Å². The minimum atomic E-state index is -0.851. The van der Waals surface area contributed by atoms with Crippen molar-refractivity contribution in [1.82, 2.24) is 9.55 Å². The molecule has 0 aliphatic heterocycles. The molecule has 6 heteroatoms. The zero-order valence-corrected chi connectivity index (χ0v) is 12.5. The van der Waals surface area contributed by atoms with Crippen molar-refractivity contribution in [3.05, 3.63) is 27.4 Å². The third kappa shape index (κ3) is 3.90. The van der Waals surface area contributed by atoms with Gasteiger partial charge in [-0.1, -0.05) is 6.92 Å². The van der Waals surface area contributed by atoms with Gasteiger partial charge in [0.15, 0.2) is 0 Å². The Labute approximate surface area is 118 Å². The second-order valence-corrected chi connectivity index (χ2v) is 4.84. The van der Waals surface area contributed by atoms with E-state index >= 15 is 0 Å². The summed E-state index contributed by atoms with van der Waals surface area (Å²) in [6, 6.07) is 0. The Bertz CT molecular complexity index is 537. The number of hydrogen-bond donors (Lipinski definition) is 1. The van der Waals surface area contributed by atoms with Crippen LogP contribution >= 0.6 is 0 Å². The second-order valence-electron chi connectivity index (χ2n) is 4.84. The van der Waals surface area contributed by atoms with Crippen LogP contribution in [0.1, 0.15) is 30.8 Å². The number of aryl methyl sites for hydroxylation is 1. The van der Waals surface area contributed by atoms with Crippen molar-refractivity contribution in [3.8, 4) is 0 Å². The Balaban J connectivity index is 3.08.